The molecule has 0 bridgehead atoms. The lowest BCUT2D eigenvalue weighted by Gasteiger charge is -2.26. The summed E-state index contributed by atoms with van der Waals surface area (Å²) in [6.45, 7) is 2.65. The lowest BCUT2D eigenvalue weighted by atomic mass is 10.2. The van der Waals surface area contributed by atoms with Crippen LogP contribution in [0.3, 0.4) is 0 Å². The van der Waals surface area contributed by atoms with Gasteiger partial charge in [-0.1, -0.05) is 29.3 Å². The smallest absolute Gasteiger partial charge is 0.0595 e. The van der Waals surface area contributed by atoms with E-state index in [2.05, 4.69) is 4.90 Å². The molecule has 16 heavy (non-hydrogen) atoms. The summed E-state index contributed by atoms with van der Waals surface area (Å²) in [6.07, 6.45) is 0. The zero-order chi connectivity index (χ0) is 11.5. The molecule has 0 saturated carbocycles. The molecule has 0 aliphatic carbocycles. The van der Waals surface area contributed by atoms with Gasteiger partial charge in [0.25, 0.3) is 0 Å². The molecule has 1 saturated heterocycles. The highest BCUT2D eigenvalue weighted by atomic mass is 35.5. The zero-order valence-electron chi connectivity index (χ0n) is 8.79. The van der Waals surface area contributed by atoms with Gasteiger partial charge in [0.05, 0.1) is 10.0 Å². The van der Waals surface area contributed by atoms with Gasteiger partial charge in [0, 0.05) is 41.9 Å². The van der Waals surface area contributed by atoms with Gasteiger partial charge in [-0.15, -0.1) is 0 Å². The first kappa shape index (κ1) is 12.4. The van der Waals surface area contributed by atoms with Gasteiger partial charge >= 0.3 is 0 Å². The van der Waals surface area contributed by atoms with E-state index in [1.807, 2.05) is 18.2 Å². The van der Waals surface area contributed by atoms with E-state index in [0.29, 0.717) is 10.0 Å². The van der Waals surface area contributed by atoms with Crippen LogP contribution in [-0.2, 0) is 17.3 Å². The molecule has 0 amide bonds. The van der Waals surface area contributed by atoms with Crippen molar-refractivity contribution >= 4 is 34.0 Å². The number of hydrogen-bond acceptors (Lipinski definition) is 2. The van der Waals surface area contributed by atoms with E-state index in [4.69, 9.17) is 23.2 Å². The molecule has 0 spiro atoms. The molecule has 0 aromatic heterocycles. The van der Waals surface area contributed by atoms with E-state index in [1.54, 1.807) is 0 Å². The maximum atomic E-state index is 11.2. The lowest BCUT2D eigenvalue weighted by Crippen LogP contribution is -2.37. The van der Waals surface area contributed by atoms with Crippen LogP contribution in [0.25, 0.3) is 0 Å². The highest BCUT2D eigenvalue weighted by molar-refractivity contribution is 7.85. The van der Waals surface area contributed by atoms with Crippen LogP contribution in [0.2, 0.25) is 10.0 Å². The van der Waals surface area contributed by atoms with Crippen LogP contribution in [-0.4, -0.2) is 33.7 Å². The molecule has 0 unspecified atom stereocenters. The van der Waals surface area contributed by atoms with Gasteiger partial charge in [0.15, 0.2) is 0 Å². The second-order valence-electron chi connectivity index (χ2n) is 3.87. The predicted molar refractivity (Wildman–Crippen MR) is 69.6 cm³/mol. The molecule has 1 aromatic carbocycles. The van der Waals surface area contributed by atoms with Crippen molar-refractivity contribution in [2.45, 2.75) is 6.54 Å². The van der Waals surface area contributed by atoms with Crippen molar-refractivity contribution in [3.63, 3.8) is 0 Å². The van der Waals surface area contributed by atoms with Crippen LogP contribution >= 0.6 is 23.2 Å². The fourth-order valence-electron chi connectivity index (χ4n) is 1.73. The van der Waals surface area contributed by atoms with Gasteiger partial charge in [-0.2, -0.15) is 0 Å². The molecule has 2 nitrogen and oxygen atoms in total. The predicted octanol–water partition coefficient (Wildman–Crippen LogP) is 2.56. The molecule has 0 radical (unpaired) electrons. The Morgan fingerprint density at radius 3 is 2.50 bits per heavy atom. The summed E-state index contributed by atoms with van der Waals surface area (Å²) in [4.78, 5) is 2.29. The number of benzene rings is 1. The summed E-state index contributed by atoms with van der Waals surface area (Å²) in [5.41, 5.74) is 1.15. The fourth-order valence-corrected chi connectivity index (χ4v) is 3.18. The normalized spacial score (nSPS) is 18.9. The first-order valence-electron chi connectivity index (χ1n) is 5.16. The molecule has 1 aromatic rings. The van der Waals surface area contributed by atoms with Gasteiger partial charge < -0.3 is 0 Å². The van der Waals surface area contributed by atoms with Crippen molar-refractivity contribution in [2.75, 3.05) is 24.6 Å². The first-order chi connectivity index (χ1) is 7.65. The molecular weight excluding hydrogens is 265 g/mol. The maximum absolute atomic E-state index is 11.2. The molecule has 0 N–H and O–H groups in total. The Morgan fingerprint density at radius 2 is 1.88 bits per heavy atom. The number of hydrogen-bond donors (Lipinski definition) is 0. The summed E-state index contributed by atoms with van der Waals surface area (Å²) in [7, 11) is -0.616. The Hall–Kier alpha value is -0.0900. The highest BCUT2D eigenvalue weighted by Crippen LogP contribution is 2.23. The van der Waals surface area contributed by atoms with Crippen LogP contribution in [0.1, 0.15) is 5.56 Å². The van der Waals surface area contributed by atoms with Crippen LogP contribution < -0.4 is 0 Å². The van der Waals surface area contributed by atoms with E-state index in [0.717, 1.165) is 36.7 Å². The largest absolute Gasteiger partial charge is 0.297 e. The lowest BCUT2D eigenvalue weighted by molar-refractivity contribution is 0.291. The van der Waals surface area contributed by atoms with E-state index >= 15 is 0 Å². The van der Waals surface area contributed by atoms with Gasteiger partial charge in [-0.05, 0) is 17.7 Å². The average molecular weight is 278 g/mol. The van der Waals surface area contributed by atoms with Crippen LogP contribution in [0.5, 0.6) is 0 Å². The van der Waals surface area contributed by atoms with Crippen molar-refractivity contribution in [3.05, 3.63) is 33.8 Å². The zero-order valence-corrected chi connectivity index (χ0v) is 11.1. The Morgan fingerprint density at radius 1 is 1.19 bits per heavy atom. The molecule has 1 aliphatic rings. The monoisotopic (exact) mass is 277 g/mol. The Kier molecular flexibility index (Phi) is 4.25. The second-order valence-corrected chi connectivity index (χ2v) is 6.38. The van der Waals surface area contributed by atoms with Gasteiger partial charge in [0.2, 0.25) is 0 Å². The summed E-state index contributed by atoms with van der Waals surface area (Å²) in [5.74, 6) is 1.56. The van der Waals surface area contributed by atoms with Crippen molar-refractivity contribution in [1.82, 2.24) is 4.90 Å². The summed E-state index contributed by atoms with van der Waals surface area (Å²) in [6, 6.07) is 5.70. The standard InChI is InChI=1S/C11H13Cl2NOS/c12-10-2-1-9(7-11(10)13)8-14-3-5-16(15)6-4-14/h1-2,7H,3-6,8H2. The Balaban J connectivity index is 1.98. The fraction of sp³-hybridized carbons (Fsp3) is 0.455. The minimum absolute atomic E-state index is 0.588. The summed E-state index contributed by atoms with van der Waals surface area (Å²) in [5, 5.41) is 1.19. The molecule has 5 heteroatoms. The molecule has 0 atom stereocenters. The SMILES string of the molecule is O=S1CCN(Cc2ccc(Cl)c(Cl)c2)CC1. The Labute approximate surface area is 108 Å². The number of rotatable bonds is 2. The number of halogens is 2. The highest BCUT2D eigenvalue weighted by Gasteiger charge is 2.15. The Bertz CT molecular complexity index is 401. The molecular formula is C11H13Cl2NOS. The molecule has 1 fully saturated rings. The van der Waals surface area contributed by atoms with Crippen LogP contribution in [0.15, 0.2) is 18.2 Å². The van der Waals surface area contributed by atoms with Gasteiger partial charge in [0.1, 0.15) is 0 Å². The summed E-state index contributed by atoms with van der Waals surface area (Å²) >= 11 is 11.8. The third kappa shape index (κ3) is 3.20. The van der Waals surface area contributed by atoms with E-state index in [1.165, 1.54) is 0 Å². The minimum Gasteiger partial charge on any atom is -0.297 e. The third-order valence-electron chi connectivity index (χ3n) is 2.66. The van der Waals surface area contributed by atoms with Crippen molar-refractivity contribution < 1.29 is 4.21 Å². The second kappa shape index (κ2) is 5.50. The van der Waals surface area contributed by atoms with Gasteiger partial charge in [-0.25, -0.2) is 0 Å². The van der Waals surface area contributed by atoms with Crippen LogP contribution in [0, 0.1) is 0 Å². The minimum atomic E-state index is -0.616. The van der Waals surface area contributed by atoms with Crippen LogP contribution in [0.4, 0.5) is 0 Å². The number of nitrogens with zero attached hydrogens (tertiary/aromatic N) is 1. The molecule has 88 valence electrons. The molecule has 1 heterocycles. The molecule has 1 aliphatic heterocycles. The van der Waals surface area contributed by atoms with Gasteiger partial charge in [-0.3, -0.25) is 9.11 Å². The van der Waals surface area contributed by atoms with Crippen molar-refractivity contribution in [2.24, 2.45) is 0 Å². The molecule has 2 rings (SSSR count). The summed E-state index contributed by atoms with van der Waals surface area (Å²) < 4.78 is 11.2. The topological polar surface area (TPSA) is 20.3 Å². The first-order valence-corrected chi connectivity index (χ1v) is 7.41. The van der Waals surface area contributed by atoms with E-state index < -0.39 is 10.8 Å². The third-order valence-corrected chi connectivity index (χ3v) is 4.68. The van der Waals surface area contributed by atoms with E-state index in [-0.39, 0.29) is 0 Å². The van der Waals surface area contributed by atoms with Crippen molar-refractivity contribution in [3.8, 4) is 0 Å². The average Bonchev–Trinajstić information content (AvgIpc) is 2.27. The van der Waals surface area contributed by atoms with Crippen molar-refractivity contribution in [1.29, 1.82) is 0 Å². The quantitative estimate of drug-likeness (QED) is 0.828. The van der Waals surface area contributed by atoms with E-state index in [9.17, 15) is 4.21 Å². The maximum Gasteiger partial charge on any atom is 0.0595 e.